The Morgan fingerprint density at radius 2 is 1.64 bits per heavy atom. The van der Waals surface area contributed by atoms with E-state index in [0.717, 1.165) is 18.4 Å². The minimum atomic E-state index is -0.777. The van der Waals surface area contributed by atoms with Crippen LogP contribution in [-0.2, 0) is 16.1 Å². The Kier molecular flexibility index (Phi) is 7.50. The molecule has 5 heteroatoms. The number of nitrogens with one attached hydrogen (secondary N) is 2. The lowest BCUT2D eigenvalue weighted by Gasteiger charge is -2.18. The lowest BCUT2D eigenvalue weighted by molar-refractivity contribution is -0.123. The van der Waals surface area contributed by atoms with Crippen LogP contribution in [0.1, 0.15) is 36.9 Å². The average Bonchev–Trinajstić information content (AvgIpc) is 2.66. The van der Waals surface area contributed by atoms with Gasteiger partial charge in [-0.2, -0.15) is 0 Å². The summed E-state index contributed by atoms with van der Waals surface area (Å²) in [6.45, 7) is 2.80. The van der Waals surface area contributed by atoms with Crippen molar-refractivity contribution in [3.05, 3.63) is 71.8 Å². The summed E-state index contributed by atoms with van der Waals surface area (Å²) in [5.41, 5.74) is 1.61. The van der Waals surface area contributed by atoms with Crippen LogP contribution in [0.2, 0.25) is 0 Å². The van der Waals surface area contributed by atoms with E-state index in [-0.39, 0.29) is 12.5 Å². The van der Waals surface area contributed by atoms with Crippen molar-refractivity contribution in [2.45, 2.75) is 32.4 Å². The number of benzene rings is 2. The molecule has 2 amide bonds. The van der Waals surface area contributed by atoms with Gasteiger partial charge < -0.3 is 15.4 Å². The first kappa shape index (κ1) is 18.5. The van der Waals surface area contributed by atoms with Crippen LogP contribution in [-0.4, -0.2) is 18.5 Å². The monoisotopic (exact) mass is 340 g/mol. The molecule has 0 saturated heterocycles. The van der Waals surface area contributed by atoms with Gasteiger partial charge in [0.2, 0.25) is 5.91 Å². The fourth-order valence-corrected chi connectivity index (χ4v) is 2.32. The number of carbonyl (C=O) groups excluding carboxylic acids is 2. The van der Waals surface area contributed by atoms with E-state index in [1.807, 2.05) is 60.7 Å². The van der Waals surface area contributed by atoms with Crippen LogP contribution in [0.4, 0.5) is 4.79 Å². The van der Waals surface area contributed by atoms with Crippen molar-refractivity contribution in [3.63, 3.8) is 0 Å². The minimum absolute atomic E-state index is 0.158. The molecule has 0 saturated carbocycles. The number of alkyl carbamates (subject to hydrolysis) is 1. The highest BCUT2D eigenvalue weighted by atomic mass is 16.5. The highest BCUT2D eigenvalue weighted by Gasteiger charge is 2.22. The Labute approximate surface area is 148 Å². The number of amides is 2. The second-order valence-electron chi connectivity index (χ2n) is 5.69. The lowest BCUT2D eigenvalue weighted by atomic mass is 10.1. The summed E-state index contributed by atoms with van der Waals surface area (Å²) in [5, 5.41) is 5.51. The second-order valence-corrected chi connectivity index (χ2v) is 5.69. The van der Waals surface area contributed by atoms with Gasteiger partial charge in [-0.15, -0.1) is 0 Å². The number of ether oxygens (including phenoxy) is 1. The van der Waals surface area contributed by atoms with Crippen LogP contribution in [0.3, 0.4) is 0 Å². The van der Waals surface area contributed by atoms with Gasteiger partial charge in [-0.1, -0.05) is 74.0 Å². The predicted octanol–water partition coefficient (Wildman–Crippen LogP) is 3.57. The lowest BCUT2D eigenvalue weighted by Crippen LogP contribution is -2.40. The van der Waals surface area contributed by atoms with E-state index in [2.05, 4.69) is 17.6 Å². The van der Waals surface area contributed by atoms with Crippen molar-refractivity contribution in [1.82, 2.24) is 10.6 Å². The molecule has 0 fully saturated rings. The smallest absolute Gasteiger partial charge is 0.408 e. The van der Waals surface area contributed by atoms with Crippen molar-refractivity contribution < 1.29 is 14.3 Å². The Morgan fingerprint density at radius 3 is 2.28 bits per heavy atom. The average molecular weight is 340 g/mol. The van der Waals surface area contributed by atoms with Crippen LogP contribution in [0.25, 0.3) is 0 Å². The Morgan fingerprint density at radius 1 is 1.00 bits per heavy atom. The standard InChI is InChI=1S/C20H24N2O3/c1-2-3-14-21-19(23)18(17-12-8-5-9-13-17)22-20(24)25-15-16-10-6-4-7-11-16/h4-13,18H,2-3,14-15H2,1H3,(H,21,23)(H,22,24)/t18-/m1/s1. The van der Waals surface area contributed by atoms with E-state index in [1.165, 1.54) is 0 Å². The third kappa shape index (κ3) is 6.30. The summed E-state index contributed by atoms with van der Waals surface area (Å²) in [4.78, 5) is 24.6. The fraction of sp³-hybridized carbons (Fsp3) is 0.300. The van der Waals surface area contributed by atoms with Gasteiger partial charge in [-0.25, -0.2) is 4.79 Å². The van der Waals surface area contributed by atoms with Crippen molar-refractivity contribution in [1.29, 1.82) is 0 Å². The molecule has 1 atom stereocenters. The first-order valence-corrected chi connectivity index (χ1v) is 8.50. The van der Waals surface area contributed by atoms with Gasteiger partial charge in [0, 0.05) is 6.54 Å². The zero-order chi connectivity index (χ0) is 17.9. The molecule has 5 nitrogen and oxygen atoms in total. The van der Waals surface area contributed by atoms with Gasteiger partial charge in [0.15, 0.2) is 0 Å². The zero-order valence-electron chi connectivity index (χ0n) is 14.4. The molecule has 2 N–H and O–H groups in total. The van der Waals surface area contributed by atoms with Crippen molar-refractivity contribution in [3.8, 4) is 0 Å². The molecule has 0 aliphatic heterocycles. The zero-order valence-corrected chi connectivity index (χ0v) is 14.4. The van der Waals surface area contributed by atoms with E-state index in [1.54, 1.807) is 0 Å². The molecule has 0 aliphatic carbocycles. The molecule has 25 heavy (non-hydrogen) atoms. The third-order valence-electron chi connectivity index (χ3n) is 3.70. The highest BCUT2D eigenvalue weighted by molar-refractivity contribution is 5.86. The SMILES string of the molecule is CCCCNC(=O)[C@H](NC(=O)OCc1ccccc1)c1ccccc1. The minimum Gasteiger partial charge on any atom is -0.445 e. The first-order valence-electron chi connectivity index (χ1n) is 8.50. The number of hydrogen-bond acceptors (Lipinski definition) is 3. The molecule has 2 aromatic carbocycles. The summed E-state index contributed by atoms with van der Waals surface area (Å²) in [7, 11) is 0. The molecule has 0 aromatic heterocycles. The van der Waals surface area contributed by atoms with Crippen LogP contribution >= 0.6 is 0 Å². The number of hydrogen-bond donors (Lipinski definition) is 2. The van der Waals surface area contributed by atoms with E-state index in [4.69, 9.17) is 4.74 Å². The number of unbranched alkanes of at least 4 members (excludes halogenated alkanes) is 1. The first-order chi connectivity index (χ1) is 12.2. The van der Waals surface area contributed by atoms with Crippen LogP contribution in [0, 0.1) is 0 Å². The molecule has 0 radical (unpaired) electrons. The molecule has 0 aliphatic rings. The maximum absolute atomic E-state index is 12.4. The summed E-state index contributed by atoms with van der Waals surface area (Å²) in [6, 6.07) is 17.8. The third-order valence-corrected chi connectivity index (χ3v) is 3.70. The van der Waals surface area contributed by atoms with Crippen LogP contribution in [0.5, 0.6) is 0 Å². The van der Waals surface area contributed by atoms with Crippen molar-refractivity contribution >= 4 is 12.0 Å². The molecule has 0 unspecified atom stereocenters. The fourth-order valence-electron chi connectivity index (χ4n) is 2.32. The van der Waals surface area contributed by atoms with E-state index >= 15 is 0 Å². The molecule has 0 heterocycles. The predicted molar refractivity (Wildman–Crippen MR) is 96.9 cm³/mol. The summed E-state index contributed by atoms with van der Waals surface area (Å²) < 4.78 is 5.23. The summed E-state index contributed by atoms with van der Waals surface area (Å²) in [5.74, 6) is -0.240. The van der Waals surface area contributed by atoms with Gasteiger partial charge in [0.25, 0.3) is 0 Å². The number of carbonyl (C=O) groups is 2. The molecule has 0 bridgehead atoms. The van der Waals surface area contributed by atoms with Crippen molar-refractivity contribution in [2.75, 3.05) is 6.54 Å². The van der Waals surface area contributed by atoms with Crippen molar-refractivity contribution in [2.24, 2.45) is 0 Å². The molecule has 0 spiro atoms. The maximum Gasteiger partial charge on any atom is 0.408 e. The topological polar surface area (TPSA) is 67.4 Å². The van der Waals surface area contributed by atoms with Crippen LogP contribution in [0.15, 0.2) is 60.7 Å². The van der Waals surface area contributed by atoms with E-state index < -0.39 is 12.1 Å². The Bertz CT molecular complexity index is 659. The van der Waals surface area contributed by atoms with Gasteiger partial charge >= 0.3 is 6.09 Å². The van der Waals surface area contributed by atoms with Gasteiger partial charge in [0.05, 0.1) is 0 Å². The summed E-state index contributed by atoms with van der Waals surface area (Å²) >= 11 is 0. The van der Waals surface area contributed by atoms with E-state index in [9.17, 15) is 9.59 Å². The normalized spacial score (nSPS) is 11.4. The molecular weight excluding hydrogens is 316 g/mol. The van der Waals surface area contributed by atoms with Gasteiger partial charge in [-0.3, -0.25) is 4.79 Å². The second kappa shape index (κ2) is 10.1. The summed E-state index contributed by atoms with van der Waals surface area (Å²) in [6.07, 6.45) is 1.26. The Hall–Kier alpha value is -2.82. The molecule has 2 rings (SSSR count). The van der Waals surface area contributed by atoms with Gasteiger partial charge in [0.1, 0.15) is 12.6 Å². The quantitative estimate of drug-likeness (QED) is 0.722. The highest BCUT2D eigenvalue weighted by Crippen LogP contribution is 2.13. The van der Waals surface area contributed by atoms with Crippen LogP contribution < -0.4 is 10.6 Å². The molecular formula is C20H24N2O3. The maximum atomic E-state index is 12.4. The molecule has 2 aromatic rings. The van der Waals surface area contributed by atoms with E-state index in [0.29, 0.717) is 12.1 Å². The largest absolute Gasteiger partial charge is 0.445 e. The Balaban J connectivity index is 1.97. The molecule has 132 valence electrons. The number of rotatable bonds is 8. The van der Waals surface area contributed by atoms with Gasteiger partial charge in [-0.05, 0) is 17.5 Å².